The van der Waals surface area contributed by atoms with Gasteiger partial charge >= 0.3 is 18.0 Å². The van der Waals surface area contributed by atoms with Crippen molar-refractivity contribution in [3.63, 3.8) is 0 Å². The van der Waals surface area contributed by atoms with Crippen LogP contribution >= 0.6 is 0 Å². The van der Waals surface area contributed by atoms with E-state index in [2.05, 4.69) is 19.4 Å². The molecule has 0 unspecified atom stereocenters. The Balaban J connectivity index is 2.50. The summed E-state index contributed by atoms with van der Waals surface area (Å²) in [6.07, 6.45) is -4.62. The lowest BCUT2D eigenvalue weighted by Crippen LogP contribution is -2.07. The summed E-state index contributed by atoms with van der Waals surface area (Å²) in [6, 6.07) is 3.12. The van der Waals surface area contributed by atoms with Crippen LogP contribution in [0, 0.1) is 0 Å². The Labute approximate surface area is 109 Å². The smallest absolute Gasteiger partial charge is 0.419 e. The van der Waals surface area contributed by atoms with E-state index in [4.69, 9.17) is 5.11 Å². The Morgan fingerprint density at radius 3 is 2.60 bits per heavy atom. The lowest BCUT2D eigenvalue weighted by Gasteiger charge is -2.12. The van der Waals surface area contributed by atoms with Crippen LogP contribution in [0.3, 0.4) is 0 Å². The van der Waals surface area contributed by atoms with Gasteiger partial charge in [-0.05, 0) is 18.2 Å². The Kier molecular flexibility index (Phi) is 3.35. The van der Waals surface area contributed by atoms with Crippen molar-refractivity contribution in [2.45, 2.75) is 6.18 Å². The fourth-order valence-electron chi connectivity index (χ4n) is 1.50. The van der Waals surface area contributed by atoms with E-state index >= 15 is 0 Å². The standard InChI is InChI=1S/C11H7F3N2O4/c1-19-7-3-2-5(4-6(7)11(12,13)14)8-15-9(10(17)18)20-16-8/h2-4H,1H3,(H,17,18). The molecule has 0 saturated heterocycles. The van der Waals surface area contributed by atoms with Gasteiger partial charge in [0.15, 0.2) is 0 Å². The van der Waals surface area contributed by atoms with E-state index in [9.17, 15) is 18.0 Å². The molecule has 106 valence electrons. The third kappa shape index (κ3) is 2.56. The molecular formula is C11H7F3N2O4. The fraction of sp³-hybridized carbons (Fsp3) is 0.182. The SMILES string of the molecule is COc1ccc(-c2noc(C(=O)O)n2)cc1C(F)(F)F. The lowest BCUT2D eigenvalue weighted by molar-refractivity contribution is -0.138. The van der Waals surface area contributed by atoms with Crippen molar-refractivity contribution in [2.24, 2.45) is 0 Å². The number of carboxylic acid groups (broad SMARTS) is 1. The van der Waals surface area contributed by atoms with E-state index in [0.29, 0.717) is 0 Å². The number of carboxylic acids is 1. The first-order chi connectivity index (χ1) is 9.32. The van der Waals surface area contributed by atoms with Crippen LogP contribution in [-0.4, -0.2) is 28.3 Å². The number of rotatable bonds is 3. The highest BCUT2D eigenvalue weighted by atomic mass is 19.4. The molecule has 1 heterocycles. The van der Waals surface area contributed by atoms with Crippen molar-refractivity contribution < 1.29 is 32.3 Å². The van der Waals surface area contributed by atoms with E-state index in [1.807, 2.05) is 0 Å². The van der Waals surface area contributed by atoms with Gasteiger partial charge in [0.25, 0.3) is 0 Å². The van der Waals surface area contributed by atoms with Gasteiger partial charge in [-0.2, -0.15) is 18.2 Å². The number of aromatic nitrogens is 2. The van der Waals surface area contributed by atoms with Crippen molar-refractivity contribution in [3.8, 4) is 17.1 Å². The number of aromatic carboxylic acids is 1. The van der Waals surface area contributed by atoms with E-state index < -0.39 is 23.6 Å². The van der Waals surface area contributed by atoms with Crippen LogP contribution in [0.5, 0.6) is 5.75 Å². The summed E-state index contributed by atoms with van der Waals surface area (Å²) in [7, 11) is 1.11. The second-order valence-corrected chi connectivity index (χ2v) is 3.64. The highest BCUT2D eigenvalue weighted by molar-refractivity contribution is 5.82. The third-order valence-corrected chi connectivity index (χ3v) is 2.37. The minimum Gasteiger partial charge on any atom is -0.496 e. The van der Waals surface area contributed by atoms with Crippen LogP contribution in [0.1, 0.15) is 16.2 Å². The van der Waals surface area contributed by atoms with Crippen molar-refractivity contribution in [3.05, 3.63) is 29.7 Å². The molecule has 20 heavy (non-hydrogen) atoms. The van der Waals surface area contributed by atoms with Crippen LogP contribution in [0.15, 0.2) is 22.7 Å². The maximum atomic E-state index is 12.8. The first-order valence-electron chi connectivity index (χ1n) is 5.15. The van der Waals surface area contributed by atoms with Crippen molar-refractivity contribution in [2.75, 3.05) is 7.11 Å². The molecule has 2 rings (SSSR count). The van der Waals surface area contributed by atoms with Gasteiger partial charge in [-0.25, -0.2) is 4.79 Å². The van der Waals surface area contributed by atoms with E-state index in [-0.39, 0.29) is 17.1 Å². The minimum absolute atomic E-state index is 0.0330. The van der Waals surface area contributed by atoms with Gasteiger partial charge < -0.3 is 14.4 Å². The molecule has 0 aliphatic heterocycles. The summed E-state index contributed by atoms with van der Waals surface area (Å²) < 4.78 is 47.5. The molecule has 0 amide bonds. The molecule has 9 heteroatoms. The molecule has 0 atom stereocenters. The number of methoxy groups -OCH3 is 1. The molecule has 0 fully saturated rings. The predicted octanol–water partition coefficient (Wildman–Crippen LogP) is 2.46. The van der Waals surface area contributed by atoms with Gasteiger partial charge in [-0.1, -0.05) is 5.16 Å². The normalized spacial score (nSPS) is 11.4. The first-order valence-corrected chi connectivity index (χ1v) is 5.15. The van der Waals surface area contributed by atoms with Gasteiger partial charge in [0.05, 0.1) is 12.7 Å². The highest BCUT2D eigenvalue weighted by Crippen LogP contribution is 2.38. The Morgan fingerprint density at radius 2 is 2.10 bits per heavy atom. The maximum Gasteiger partial charge on any atom is 0.419 e. The average molecular weight is 288 g/mol. The van der Waals surface area contributed by atoms with Crippen molar-refractivity contribution in [1.29, 1.82) is 0 Å². The fourth-order valence-corrected chi connectivity index (χ4v) is 1.50. The summed E-state index contributed by atoms with van der Waals surface area (Å²) in [4.78, 5) is 14.0. The summed E-state index contributed by atoms with van der Waals surface area (Å²) >= 11 is 0. The quantitative estimate of drug-likeness (QED) is 0.933. The predicted molar refractivity (Wildman–Crippen MR) is 58.2 cm³/mol. The van der Waals surface area contributed by atoms with Crippen LogP contribution in [-0.2, 0) is 6.18 Å². The third-order valence-electron chi connectivity index (χ3n) is 2.37. The second kappa shape index (κ2) is 4.83. The molecule has 2 aromatic rings. The van der Waals surface area contributed by atoms with Gasteiger partial charge in [0.1, 0.15) is 5.75 Å². The number of nitrogens with zero attached hydrogens (tertiary/aromatic N) is 2. The molecule has 0 saturated carbocycles. The second-order valence-electron chi connectivity index (χ2n) is 3.64. The molecule has 0 aliphatic carbocycles. The largest absolute Gasteiger partial charge is 0.496 e. The zero-order valence-electron chi connectivity index (χ0n) is 9.93. The number of benzene rings is 1. The summed E-state index contributed by atoms with van der Waals surface area (Å²) in [5.41, 5.74) is -1.05. The molecule has 0 bridgehead atoms. The van der Waals surface area contributed by atoms with Crippen LogP contribution in [0.2, 0.25) is 0 Å². The number of halogens is 3. The molecule has 1 aromatic heterocycles. The van der Waals surface area contributed by atoms with Crippen LogP contribution in [0.25, 0.3) is 11.4 Å². The average Bonchev–Trinajstić information content (AvgIpc) is 2.86. The van der Waals surface area contributed by atoms with Crippen LogP contribution < -0.4 is 4.74 Å². The van der Waals surface area contributed by atoms with E-state index in [1.165, 1.54) is 6.07 Å². The zero-order chi connectivity index (χ0) is 14.9. The molecule has 1 N–H and O–H groups in total. The zero-order valence-corrected chi connectivity index (χ0v) is 9.93. The topological polar surface area (TPSA) is 85.5 Å². The maximum absolute atomic E-state index is 12.8. The Morgan fingerprint density at radius 1 is 1.40 bits per heavy atom. The number of ether oxygens (including phenoxy) is 1. The summed E-state index contributed by atoms with van der Waals surface area (Å²) in [5, 5.41) is 11.9. The van der Waals surface area contributed by atoms with Gasteiger partial charge in [-0.15, -0.1) is 0 Å². The molecule has 1 aromatic carbocycles. The molecule has 6 nitrogen and oxygen atoms in total. The monoisotopic (exact) mass is 288 g/mol. The number of hydrogen-bond donors (Lipinski definition) is 1. The van der Waals surface area contributed by atoms with Crippen molar-refractivity contribution in [1.82, 2.24) is 10.1 Å². The summed E-state index contributed by atoms with van der Waals surface area (Å²) in [5.74, 6) is -2.78. The van der Waals surface area contributed by atoms with E-state index in [1.54, 1.807) is 0 Å². The van der Waals surface area contributed by atoms with Crippen LogP contribution in [0.4, 0.5) is 13.2 Å². The number of carbonyl (C=O) groups is 1. The number of hydrogen-bond acceptors (Lipinski definition) is 5. The molecule has 0 radical (unpaired) electrons. The number of alkyl halides is 3. The minimum atomic E-state index is -4.62. The summed E-state index contributed by atoms with van der Waals surface area (Å²) in [6.45, 7) is 0. The first kappa shape index (κ1) is 13.8. The van der Waals surface area contributed by atoms with Gasteiger partial charge in [0, 0.05) is 5.56 Å². The lowest BCUT2D eigenvalue weighted by atomic mass is 10.1. The molecule has 0 spiro atoms. The Hall–Kier alpha value is -2.58. The van der Waals surface area contributed by atoms with Crippen molar-refractivity contribution >= 4 is 5.97 Å². The van der Waals surface area contributed by atoms with Gasteiger partial charge in [0.2, 0.25) is 5.82 Å². The highest BCUT2D eigenvalue weighted by Gasteiger charge is 2.35. The molecular weight excluding hydrogens is 281 g/mol. The molecule has 0 aliphatic rings. The van der Waals surface area contributed by atoms with E-state index in [0.717, 1.165) is 19.2 Å². The Bertz CT molecular complexity index is 651. The van der Waals surface area contributed by atoms with Gasteiger partial charge in [-0.3, -0.25) is 0 Å².